The molecule has 26 heavy (non-hydrogen) atoms. The highest BCUT2D eigenvalue weighted by Crippen LogP contribution is 2.21. The van der Waals surface area contributed by atoms with E-state index in [4.69, 9.17) is 16.3 Å². The van der Waals surface area contributed by atoms with Crippen molar-refractivity contribution in [2.75, 3.05) is 7.11 Å². The molecule has 3 aromatic rings. The van der Waals surface area contributed by atoms with Crippen molar-refractivity contribution in [3.8, 4) is 17.0 Å². The number of hydrogen-bond acceptors (Lipinski definition) is 4. The normalized spacial score (nSPS) is 11.3. The highest BCUT2D eigenvalue weighted by molar-refractivity contribution is 6.30. The smallest absolute Gasteiger partial charge is 0.289 e. The van der Waals surface area contributed by atoms with Crippen LogP contribution in [0, 0.1) is 0 Å². The Hall–Kier alpha value is -3.12. The predicted molar refractivity (Wildman–Crippen MR) is 102 cm³/mol. The number of aromatic amines is 1. The molecule has 1 heterocycles. The van der Waals surface area contributed by atoms with Crippen molar-refractivity contribution in [2.24, 2.45) is 5.10 Å². The van der Waals surface area contributed by atoms with Gasteiger partial charge in [-0.25, -0.2) is 5.43 Å². The number of carbonyl (C=O) groups excluding carboxylic acids is 1. The van der Waals surface area contributed by atoms with Gasteiger partial charge in [-0.05, 0) is 55.0 Å². The molecule has 1 aromatic heterocycles. The summed E-state index contributed by atoms with van der Waals surface area (Å²) in [7, 11) is 1.61. The number of benzene rings is 2. The largest absolute Gasteiger partial charge is 0.497 e. The van der Waals surface area contributed by atoms with E-state index in [2.05, 4.69) is 20.7 Å². The maximum absolute atomic E-state index is 12.2. The summed E-state index contributed by atoms with van der Waals surface area (Å²) >= 11 is 5.87. The van der Waals surface area contributed by atoms with Gasteiger partial charge in [0.1, 0.15) is 11.4 Å². The van der Waals surface area contributed by atoms with Crippen LogP contribution < -0.4 is 10.2 Å². The molecule has 0 aliphatic carbocycles. The summed E-state index contributed by atoms with van der Waals surface area (Å²) in [6.07, 6.45) is 0. The van der Waals surface area contributed by atoms with Gasteiger partial charge < -0.3 is 4.74 Å². The molecule has 0 aliphatic rings. The number of aromatic nitrogens is 2. The molecule has 7 heteroatoms. The average Bonchev–Trinajstić information content (AvgIpc) is 3.17. The molecule has 2 N–H and O–H groups in total. The molecule has 2 aromatic carbocycles. The highest BCUT2D eigenvalue weighted by atomic mass is 35.5. The molecule has 0 aliphatic heterocycles. The van der Waals surface area contributed by atoms with Gasteiger partial charge in [0.25, 0.3) is 5.91 Å². The molecule has 0 saturated heterocycles. The van der Waals surface area contributed by atoms with Gasteiger partial charge in [0.05, 0.1) is 18.5 Å². The SMILES string of the molecule is COc1ccc(-c2cc(C(=O)N/N=C(\C)c3ccc(Cl)cc3)[nH]n2)cc1. The van der Waals surface area contributed by atoms with Crippen molar-refractivity contribution in [3.05, 3.63) is 70.9 Å². The summed E-state index contributed by atoms with van der Waals surface area (Å²) in [6, 6.07) is 16.3. The molecular weight excluding hydrogens is 352 g/mol. The number of nitrogens with one attached hydrogen (secondary N) is 2. The van der Waals surface area contributed by atoms with Gasteiger partial charge in [-0.3, -0.25) is 9.89 Å². The molecule has 0 spiro atoms. The van der Waals surface area contributed by atoms with Gasteiger partial charge >= 0.3 is 0 Å². The van der Waals surface area contributed by atoms with Crippen LogP contribution in [0.15, 0.2) is 59.7 Å². The number of H-pyrrole nitrogens is 1. The predicted octanol–water partition coefficient (Wildman–Crippen LogP) is 3.89. The topological polar surface area (TPSA) is 79.4 Å². The molecule has 0 atom stereocenters. The van der Waals surface area contributed by atoms with Crippen molar-refractivity contribution in [1.29, 1.82) is 0 Å². The summed E-state index contributed by atoms with van der Waals surface area (Å²) in [5, 5.41) is 11.7. The molecule has 0 unspecified atom stereocenters. The summed E-state index contributed by atoms with van der Waals surface area (Å²) in [5.74, 6) is 0.389. The van der Waals surface area contributed by atoms with Crippen LogP contribution in [0.1, 0.15) is 23.0 Å². The van der Waals surface area contributed by atoms with Crippen molar-refractivity contribution in [3.63, 3.8) is 0 Å². The zero-order chi connectivity index (χ0) is 18.5. The van der Waals surface area contributed by atoms with E-state index in [1.54, 1.807) is 32.2 Å². The summed E-state index contributed by atoms with van der Waals surface area (Å²) in [4.78, 5) is 12.2. The highest BCUT2D eigenvalue weighted by Gasteiger charge is 2.11. The van der Waals surface area contributed by atoms with Crippen LogP contribution in [0.25, 0.3) is 11.3 Å². The zero-order valence-electron chi connectivity index (χ0n) is 14.3. The van der Waals surface area contributed by atoms with Gasteiger partial charge in [-0.2, -0.15) is 10.2 Å². The molecule has 0 fully saturated rings. The van der Waals surface area contributed by atoms with Crippen LogP contribution in [0.2, 0.25) is 5.02 Å². The Balaban J connectivity index is 1.69. The monoisotopic (exact) mass is 368 g/mol. The van der Waals surface area contributed by atoms with Crippen LogP contribution in [0.5, 0.6) is 5.75 Å². The van der Waals surface area contributed by atoms with Crippen LogP contribution in [-0.2, 0) is 0 Å². The summed E-state index contributed by atoms with van der Waals surface area (Å²) < 4.78 is 5.13. The number of amides is 1. The minimum absolute atomic E-state index is 0.323. The third-order valence-corrected chi connectivity index (χ3v) is 4.05. The number of nitrogens with zero attached hydrogens (tertiary/aromatic N) is 2. The number of hydrogen-bond donors (Lipinski definition) is 2. The standard InChI is InChI=1S/C19H17ClN4O2/c1-12(13-3-7-15(20)8-4-13)21-24-19(25)18-11-17(22-23-18)14-5-9-16(26-2)10-6-14/h3-11H,1-2H3,(H,22,23)(H,24,25)/b21-12+. The van der Waals surface area contributed by atoms with Gasteiger partial charge in [0.15, 0.2) is 0 Å². The second-order valence-corrected chi connectivity index (χ2v) is 5.98. The quantitative estimate of drug-likeness (QED) is 0.529. The lowest BCUT2D eigenvalue weighted by Crippen LogP contribution is -2.19. The van der Waals surface area contributed by atoms with E-state index >= 15 is 0 Å². The lowest BCUT2D eigenvalue weighted by Gasteiger charge is -2.02. The second-order valence-electron chi connectivity index (χ2n) is 5.54. The molecule has 132 valence electrons. The number of rotatable bonds is 5. The Bertz CT molecular complexity index is 931. The fraction of sp³-hybridized carbons (Fsp3) is 0.105. The first-order valence-electron chi connectivity index (χ1n) is 7.87. The van der Waals surface area contributed by atoms with E-state index in [1.807, 2.05) is 36.4 Å². The average molecular weight is 369 g/mol. The lowest BCUT2D eigenvalue weighted by molar-refractivity contribution is 0.0950. The number of ether oxygens (including phenoxy) is 1. The first kappa shape index (κ1) is 17.7. The van der Waals surface area contributed by atoms with Crippen molar-refractivity contribution < 1.29 is 9.53 Å². The van der Waals surface area contributed by atoms with E-state index < -0.39 is 0 Å². The van der Waals surface area contributed by atoms with Crippen molar-refractivity contribution in [2.45, 2.75) is 6.92 Å². The molecular formula is C19H17ClN4O2. The molecule has 1 amide bonds. The number of halogens is 1. The maximum atomic E-state index is 12.2. The second kappa shape index (κ2) is 7.84. The lowest BCUT2D eigenvalue weighted by atomic mass is 10.1. The first-order valence-corrected chi connectivity index (χ1v) is 8.25. The minimum atomic E-state index is -0.370. The summed E-state index contributed by atoms with van der Waals surface area (Å²) in [5.41, 5.74) is 5.93. The number of methoxy groups -OCH3 is 1. The molecule has 0 radical (unpaired) electrons. The summed E-state index contributed by atoms with van der Waals surface area (Å²) in [6.45, 7) is 1.80. The van der Waals surface area contributed by atoms with E-state index in [0.717, 1.165) is 16.9 Å². The molecule has 0 bridgehead atoms. The Morgan fingerprint density at radius 3 is 2.50 bits per heavy atom. The fourth-order valence-corrected chi connectivity index (χ4v) is 2.42. The van der Waals surface area contributed by atoms with Gasteiger partial charge in [-0.1, -0.05) is 23.7 Å². The molecule has 3 rings (SSSR count). The van der Waals surface area contributed by atoms with Crippen molar-refractivity contribution >= 4 is 23.2 Å². The van der Waals surface area contributed by atoms with Gasteiger partial charge in [-0.15, -0.1) is 0 Å². The van der Waals surface area contributed by atoms with E-state index in [1.165, 1.54) is 0 Å². The van der Waals surface area contributed by atoms with Crippen molar-refractivity contribution in [1.82, 2.24) is 15.6 Å². The Morgan fingerprint density at radius 2 is 1.85 bits per heavy atom. The first-order chi connectivity index (χ1) is 12.6. The Labute approximate surface area is 155 Å². The van der Waals surface area contributed by atoms with Crippen LogP contribution in [0.4, 0.5) is 0 Å². The minimum Gasteiger partial charge on any atom is -0.497 e. The van der Waals surface area contributed by atoms with Crippen LogP contribution in [0.3, 0.4) is 0 Å². The Kier molecular flexibility index (Phi) is 5.34. The van der Waals surface area contributed by atoms with Crippen LogP contribution >= 0.6 is 11.6 Å². The third kappa shape index (κ3) is 4.10. The van der Waals surface area contributed by atoms with E-state index in [9.17, 15) is 4.79 Å². The van der Waals surface area contributed by atoms with Gasteiger partial charge in [0, 0.05) is 10.6 Å². The van der Waals surface area contributed by atoms with Crippen LogP contribution in [-0.4, -0.2) is 28.9 Å². The van der Waals surface area contributed by atoms with E-state index in [0.29, 0.717) is 22.1 Å². The molecule has 6 nitrogen and oxygen atoms in total. The van der Waals surface area contributed by atoms with E-state index in [-0.39, 0.29) is 5.91 Å². The fourth-order valence-electron chi connectivity index (χ4n) is 2.30. The number of hydrazone groups is 1. The number of carbonyl (C=O) groups is 1. The zero-order valence-corrected chi connectivity index (χ0v) is 15.0. The Morgan fingerprint density at radius 1 is 1.15 bits per heavy atom. The van der Waals surface area contributed by atoms with Gasteiger partial charge in [0.2, 0.25) is 0 Å². The maximum Gasteiger partial charge on any atom is 0.289 e. The third-order valence-electron chi connectivity index (χ3n) is 3.80. The molecule has 0 saturated carbocycles.